The highest BCUT2D eigenvalue weighted by Crippen LogP contribution is 2.29. The van der Waals surface area contributed by atoms with Crippen LogP contribution >= 0.6 is 0 Å². The molecular formula is C62H105N7O12. The third kappa shape index (κ3) is 20.5. The molecule has 2 rings (SSSR count). The number of Topliss-reactive ketones (excluding diaryl/α,β-unsaturated/α-hetero) is 4. The van der Waals surface area contributed by atoms with E-state index >= 15 is 0 Å². The first kappa shape index (κ1) is 71.8. The van der Waals surface area contributed by atoms with Gasteiger partial charge >= 0.3 is 0 Å². The number of allylic oxidation sites excluding steroid dienone is 2. The lowest BCUT2D eigenvalue weighted by atomic mass is 9.82. The molecule has 19 heteroatoms. The monoisotopic (exact) mass is 1140 g/mol. The van der Waals surface area contributed by atoms with Gasteiger partial charge in [0.25, 0.3) is 0 Å². The Hall–Kier alpha value is -5.33. The molecule has 2 fully saturated rings. The molecule has 2 heterocycles. The minimum absolute atomic E-state index is 0.0650. The molecule has 7 amide bonds. The minimum atomic E-state index is -1.36. The molecular weight excluding hydrogens is 1030 g/mol. The van der Waals surface area contributed by atoms with Gasteiger partial charge in [-0.1, -0.05) is 109 Å². The van der Waals surface area contributed by atoms with Gasteiger partial charge in [0.05, 0.1) is 36.2 Å². The summed E-state index contributed by atoms with van der Waals surface area (Å²) in [5.41, 5.74) is 0. The number of likely N-dealkylation sites (N-methyl/N-ethyl adjacent to an activating group) is 3. The Labute approximate surface area is 485 Å². The van der Waals surface area contributed by atoms with Crippen molar-refractivity contribution in [3.63, 3.8) is 0 Å². The van der Waals surface area contributed by atoms with Crippen molar-refractivity contribution in [2.75, 3.05) is 27.7 Å². The van der Waals surface area contributed by atoms with Gasteiger partial charge in [0.15, 0.2) is 23.1 Å². The number of aliphatic hydroxyl groups excluding tert-OH is 1. The van der Waals surface area contributed by atoms with Gasteiger partial charge in [-0.15, -0.1) is 0 Å². The van der Waals surface area contributed by atoms with Crippen molar-refractivity contribution in [1.82, 2.24) is 35.6 Å². The normalized spacial score (nSPS) is 29.1. The van der Waals surface area contributed by atoms with E-state index in [0.717, 1.165) is 0 Å². The Morgan fingerprint density at radius 1 is 0.568 bits per heavy atom. The van der Waals surface area contributed by atoms with Gasteiger partial charge in [-0.05, 0) is 94.3 Å². The lowest BCUT2D eigenvalue weighted by molar-refractivity contribution is -0.147. The number of nitrogens with zero attached hydrogens (tertiary/aromatic N) is 4. The highest BCUT2D eigenvalue weighted by atomic mass is 16.3. The van der Waals surface area contributed by atoms with Crippen molar-refractivity contribution in [2.45, 2.75) is 230 Å². The SMILES string of the molecule is C/C=C/C[C@@H](C)[C@@H](O)[C@@H]1CC(=O)[C@H](C(C)C)N(C)C(=O)[C@H](CC(C)C)CC(=O)[C@H](CC(C)C)N(C)C(=O)[C@@H](C)NC(=O)[C@H](C)CC(=O)[C@H](CC(C)C)N(C)C(=O)[C@H](C(C)C)NC(=O)[C@@H]2CCCN2C(=O)[C@@H](C)CC(=O)[C@H](CC)NC1=O. The maximum Gasteiger partial charge on any atom is 0.245 e. The molecule has 0 bridgehead atoms. The molecule has 0 saturated carbocycles. The fourth-order valence-corrected chi connectivity index (χ4v) is 11.5. The number of nitrogens with one attached hydrogen (secondary N) is 3. The van der Waals surface area contributed by atoms with Crippen molar-refractivity contribution in [3.05, 3.63) is 12.2 Å². The Bertz CT molecular complexity index is 2230. The topological polar surface area (TPSA) is 257 Å². The summed E-state index contributed by atoms with van der Waals surface area (Å²) in [6, 6.07) is -7.40. The zero-order valence-electron chi connectivity index (χ0n) is 52.8. The van der Waals surface area contributed by atoms with Gasteiger partial charge in [0.1, 0.15) is 18.1 Å². The smallest absolute Gasteiger partial charge is 0.245 e. The summed E-state index contributed by atoms with van der Waals surface area (Å²) >= 11 is 0. The largest absolute Gasteiger partial charge is 0.392 e. The van der Waals surface area contributed by atoms with Crippen molar-refractivity contribution in [3.8, 4) is 0 Å². The second kappa shape index (κ2) is 33.1. The molecule has 460 valence electrons. The van der Waals surface area contributed by atoms with Crippen molar-refractivity contribution in [1.29, 1.82) is 0 Å². The molecule has 0 aromatic rings. The molecule has 0 aromatic carbocycles. The predicted molar refractivity (Wildman–Crippen MR) is 313 cm³/mol. The Balaban J connectivity index is 2.83. The fraction of sp³-hybridized carbons (Fsp3) is 0.790. The van der Waals surface area contributed by atoms with Gasteiger partial charge in [-0.2, -0.15) is 0 Å². The van der Waals surface area contributed by atoms with E-state index in [-0.39, 0.29) is 75.0 Å². The van der Waals surface area contributed by atoms with Crippen molar-refractivity contribution in [2.24, 2.45) is 59.2 Å². The second-order valence-corrected chi connectivity index (χ2v) is 25.6. The number of hydrogen-bond acceptors (Lipinski definition) is 12. The first-order valence-electron chi connectivity index (χ1n) is 30.0. The minimum Gasteiger partial charge on any atom is -0.392 e. The molecule has 0 radical (unpaired) electrons. The van der Waals surface area contributed by atoms with E-state index < -0.39 is 155 Å². The van der Waals surface area contributed by atoms with Gasteiger partial charge < -0.3 is 40.7 Å². The van der Waals surface area contributed by atoms with E-state index in [1.54, 1.807) is 55.4 Å². The van der Waals surface area contributed by atoms with Crippen LogP contribution in [-0.4, -0.2) is 165 Å². The standard InChI is InChI=1S/C62H105N7O12/c1-20-22-24-39(13)55(74)44-33-52(73)54(38(11)12)68(19)61(80)43(27-34(3)4)32-51(72)48(29-36(7)8)66(17)60(79)42(16)63-56(75)40(14)30-50(71)47(28-35(5)6)67(18)62(81)53(37(9)10)65-58(77)46-25-23-26-69(46)59(78)41(15)31-49(70)45(21-2)64-57(44)76/h20,22,34-48,53-55,74H,21,23-33H2,1-19H3,(H,63,75)(H,64,76)(H,65,77)/b22-20+/t39-,40-,41+,42-,43-,44+,45+,46+,47+,48+,53+,54+,55-/m1/s1. The van der Waals surface area contributed by atoms with Crippen molar-refractivity contribution < 1.29 is 57.8 Å². The lowest BCUT2D eigenvalue weighted by Gasteiger charge is -2.36. The van der Waals surface area contributed by atoms with E-state index in [9.17, 15) is 57.8 Å². The van der Waals surface area contributed by atoms with Crippen LogP contribution < -0.4 is 16.0 Å². The quantitative estimate of drug-likeness (QED) is 0.152. The highest BCUT2D eigenvalue weighted by Gasteiger charge is 2.44. The number of ketones is 4. The maximum absolute atomic E-state index is 14.8. The first-order valence-corrected chi connectivity index (χ1v) is 30.0. The summed E-state index contributed by atoms with van der Waals surface area (Å²) in [4.78, 5) is 164. The molecule has 81 heavy (non-hydrogen) atoms. The third-order valence-electron chi connectivity index (χ3n) is 16.3. The second-order valence-electron chi connectivity index (χ2n) is 25.6. The van der Waals surface area contributed by atoms with E-state index in [1.165, 1.54) is 47.7 Å². The number of carbonyl (C=O) groups excluding carboxylic acids is 11. The summed E-state index contributed by atoms with van der Waals surface area (Å²) in [5.74, 6) is -11.6. The Morgan fingerprint density at radius 3 is 1.60 bits per heavy atom. The number of rotatable bonds is 13. The summed E-state index contributed by atoms with van der Waals surface area (Å²) < 4.78 is 0. The molecule has 2 aliphatic rings. The predicted octanol–water partition coefficient (Wildman–Crippen LogP) is 6.11. The molecule has 2 aliphatic heterocycles. The van der Waals surface area contributed by atoms with Crippen LogP contribution in [0.15, 0.2) is 12.2 Å². The average molecular weight is 1140 g/mol. The summed E-state index contributed by atoms with van der Waals surface area (Å²) in [7, 11) is 4.46. The molecule has 4 N–H and O–H groups in total. The van der Waals surface area contributed by atoms with Gasteiger partial charge in [-0.25, -0.2) is 0 Å². The van der Waals surface area contributed by atoms with Gasteiger partial charge in [-0.3, -0.25) is 52.7 Å². The fourth-order valence-electron chi connectivity index (χ4n) is 11.5. The molecule has 0 aromatic heterocycles. The van der Waals surface area contributed by atoms with Gasteiger partial charge in [0.2, 0.25) is 41.4 Å². The van der Waals surface area contributed by atoms with Crippen molar-refractivity contribution >= 4 is 64.5 Å². The van der Waals surface area contributed by atoms with E-state index in [2.05, 4.69) is 16.0 Å². The number of carbonyl (C=O) groups is 11. The molecule has 0 aliphatic carbocycles. The molecule has 0 spiro atoms. The Kier molecular flexibility index (Phi) is 29.3. The molecule has 2 saturated heterocycles. The summed E-state index contributed by atoms with van der Waals surface area (Å²) in [6.45, 7) is 28.6. The first-order chi connectivity index (χ1) is 37.6. The zero-order chi connectivity index (χ0) is 62.1. The van der Waals surface area contributed by atoms with Crippen LogP contribution in [0, 0.1) is 59.2 Å². The molecule has 0 unspecified atom stereocenters. The number of amides is 7. The lowest BCUT2D eigenvalue weighted by Crippen LogP contribution is -2.58. The van der Waals surface area contributed by atoms with E-state index in [4.69, 9.17) is 0 Å². The summed E-state index contributed by atoms with van der Waals surface area (Å²) in [6.07, 6.45) is 2.94. The van der Waals surface area contributed by atoms with Crippen LogP contribution in [0.1, 0.15) is 181 Å². The van der Waals surface area contributed by atoms with Gasteiger partial charge in [0, 0.05) is 71.1 Å². The molecule has 13 atom stereocenters. The Morgan fingerprint density at radius 2 is 1.10 bits per heavy atom. The van der Waals surface area contributed by atoms with Crippen LogP contribution in [0.5, 0.6) is 0 Å². The van der Waals surface area contributed by atoms with Crippen LogP contribution in [0.4, 0.5) is 0 Å². The van der Waals surface area contributed by atoms with E-state index in [0.29, 0.717) is 19.3 Å². The number of fused-ring (bicyclic) bond motifs is 1. The highest BCUT2D eigenvalue weighted by molar-refractivity contribution is 6.00. The van der Waals surface area contributed by atoms with Crippen LogP contribution in [-0.2, 0) is 52.7 Å². The average Bonchev–Trinajstić information content (AvgIpc) is 3.95. The maximum atomic E-state index is 14.8. The number of hydrogen-bond donors (Lipinski definition) is 4. The molecule has 19 nitrogen and oxygen atoms in total. The summed E-state index contributed by atoms with van der Waals surface area (Å²) in [5, 5.41) is 20.3. The van der Waals surface area contributed by atoms with Crippen LogP contribution in [0.3, 0.4) is 0 Å². The zero-order valence-corrected chi connectivity index (χ0v) is 52.8. The van der Waals surface area contributed by atoms with Crippen LogP contribution in [0.2, 0.25) is 0 Å². The third-order valence-corrected chi connectivity index (χ3v) is 16.3. The van der Waals surface area contributed by atoms with Crippen LogP contribution in [0.25, 0.3) is 0 Å². The van der Waals surface area contributed by atoms with E-state index in [1.807, 2.05) is 60.6 Å². The number of aliphatic hydroxyl groups is 1.